The molecule has 2 aliphatic rings. The molecule has 0 spiro atoms. The summed E-state index contributed by atoms with van der Waals surface area (Å²) in [6.07, 6.45) is 3.01. The topological polar surface area (TPSA) is 49.4 Å². The number of hydrogen-bond donors (Lipinski definition) is 0. The summed E-state index contributed by atoms with van der Waals surface area (Å²) >= 11 is 0. The molecule has 3 heterocycles. The summed E-state index contributed by atoms with van der Waals surface area (Å²) in [5.41, 5.74) is 5.29. The van der Waals surface area contributed by atoms with Gasteiger partial charge in [-0.1, -0.05) is 42.5 Å². The minimum atomic E-state index is 0.181. The number of rotatable bonds is 4. The van der Waals surface area contributed by atoms with E-state index in [-0.39, 0.29) is 5.92 Å². The molecule has 158 valence electrons. The van der Waals surface area contributed by atoms with E-state index >= 15 is 0 Å². The van der Waals surface area contributed by atoms with Gasteiger partial charge in [-0.25, -0.2) is 0 Å². The highest BCUT2D eigenvalue weighted by molar-refractivity contribution is 5.82. The lowest BCUT2D eigenvalue weighted by Crippen LogP contribution is -2.31. The molecule has 0 saturated carbocycles. The van der Waals surface area contributed by atoms with E-state index in [0.717, 1.165) is 72.9 Å². The molecule has 0 fully saturated rings. The van der Waals surface area contributed by atoms with Crippen LogP contribution in [0.5, 0.6) is 11.5 Å². The van der Waals surface area contributed by atoms with Crippen LogP contribution in [-0.4, -0.2) is 18.0 Å². The standard InChI is InChI=1S/C28H24N2O2/c29-17-19-7-5-13-27-28(19)22(20-8-1-3-11-24(20)32-27)10-6-15-30-16-14-26-23(18-30)21-9-2-4-12-25(21)31-26/h1-5,7-9,11-13,22H,6,10,14-16,18H2. The Morgan fingerprint density at radius 1 is 0.969 bits per heavy atom. The fourth-order valence-electron chi connectivity index (χ4n) is 5.32. The average molecular weight is 421 g/mol. The largest absolute Gasteiger partial charge is 0.461 e. The zero-order chi connectivity index (χ0) is 21.5. The number of nitrogens with zero attached hydrogens (tertiary/aromatic N) is 2. The first kappa shape index (κ1) is 19.2. The Bertz CT molecular complexity index is 1350. The first-order valence-electron chi connectivity index (χ1n) is 11.3. The van der Waals surface area contributed by atoms with E-state index in [1.807, 2.05) is 36.4 Å². The van der Waals surface area contributed by atoms with E-state index in [1.54, 1.807) is 0 Å². The molecule has 4 aromatic rings. The molecule has 0 bridgehead atoms. The maximum atomic E-state index is 9.73. The second kappa shape index (κ2) is 7.85. The number of fused-ring (bicyclic) bond motifs is 5. The van der Waals surface area contributed by atoms with Crippen LogP contribution >= 0.6 is 0 Å². The predicted octanol–water partition coefficient (Wildman–Crippen LogP) is 6.38. The summed E-state index contributed by atoms with van der Waals surface area (Å²) in [4.78, 5) is 2.53. The summed E-state index contributed by atoms with van der Waals surface area (Å²) in [7, 11) is 0. The van der Waals surface area contributed by atoms with Crippen molar-refractivity contribution < 1.29 is 9.15 Å². The van der Waals surface area contributed by atoms with Crippen molar-refractivity contribution in [1.82, 2.24) is 4.90 Å². The van der Waals surface area contributed by atoms with E-state index < -0.39 is 0 Å². The summed E-state index contributed by atoms with van der Waals surface area (Å²) in [6.45, 7) is 3.00. The van der Waals surface area contributed by atoms with Gasteiger partial charge in [-0.15, -0.1) is 0 Å². The third kappa shape index (κ3) is 3.18. The molecule has 0 N–H and O–H groups in total. The third-order valence-corrected chi connectivity index (χ3v) is 6.84. The number of benzene rings is 3. The number of hydrogen-bond acceptors (Lipinski definition) is 4. The van der Waals surface area contributed by atoms with Crippen molar-refractivity contribution >= 4 is 11.0 Å². The Morgan fingerprint density at radius 2 is 1.81 bits per heavy atom. The summed E-state index contributed by atoms with van der Waals surface area (Å²) in [5.74, 6) is 3.06. The van der Waals surface area contributed by atoms with Crippen molar-refractivity contribution in [3.63, 3.8) is 0 Å². The fraction of sp³-hybridized carbons (Fsp3) is 0.250. The van der Waals surface area contributed by atoms with Crippen LogP contribution in [0, 0.1) is 11.3 Å². The summed E-state index contributed by atoms with van der Waals surface area (Å²) < 4.78 is 12.2. The Morgan fingerprint density at radius 3 is 2.75 bits per heavy atom. The molecular formula is C28H24N2O2. The lowest BCUT2D eigenvalue weighted by atomic mass is 9.82. The van der Waals surface area contributed by atoms with E-state index in [1.165, 1.54) is 16.5 Å². The molecule has 0 aliphatic carbocycles. The molecular weight excluding hydrogens is 396 g/mol. The van der Waals surface area contributed by atoms with Crippen LogP contribution in [-0.2, 0) is 13.0 Å². The molecule has 32 heavy (non-hydrogen) atoms. The van der Waals surface area contributed by atoms with E-state index in [2.05, 4.69) is 41.3 Å². The second-order valence-corrected chi connectivity index (χ2v) is 8.69. The maximum absolute atomic E-state index is 9.73. The Labute approximate surface area is 187 Å². The average Bonchev–Trinajstić information content (AvgIpc) is 3.21. The van der Waals surface area contributed by atoms with Crippen LogP contribution in [0.15, 0.2) is 71.1 Å². The van der Waals surface area contributed by atoms with Gasteiger partial charge in [0.1, 0.15) is 22.8 Å². The van der Waals surface area contributed by atoms with Gasteiger partial charge in [0.05, 0.1) is 11.6 Å². The minimum Gasteiger partial charge on any atom is -0.461 e. The number of furan rings is 1. The highest BCUT2D eigenvalue weighted by Crippen LogP contribution is 2.47. The van der Waals surface area contributed by atoms with Gasteiger partial charge in [-0.2, -0.15) is 5.26 Å². The normalized spacial score (nSPS) is 17.2. The monoisotopic (exact) mass is 420 g/mol. The fourth-order valence-corrected chi connectivity index (χ4v) is 5.32. The first-order valence-corrected chi connectivity index (χ1v) is 11.3. The molecule has 1 aromatic heterocycles. The molecule has 4 heteroatoms. The van der Waals surface area contributed by atoms with Gasteiger partial charge in [0.2, 0.25) is 0 Å². The van der Waals surface area contributed by atoms with Crippen molar-refractivity contribution in [3.8, 4) is 17.6 Å². The lowest BCUT2D eigenvalue weighted by molar-refractivity contribution is 0.237. The smallest absolute Gasteiger partial charge is 0.134 e. The van der Waals surface area contributed by atoms with Gasteiger partial charge in [0.15, 0.2) is 0 Å². The Balaban J connectivity index is 1.22. The van der Waals surface area contributed by atoms with Crippen molar-refractivity contribution in [3.05, 3.63) is 94.7 Å². The molecule has 3 aromatic carbocycles. The van der Waals surface area contributed by atoms with Crippen LogP contribution < -0.4 is 4.74 Å². The van der Waals surface area contributed by atoms with Gasteiger partial charge < -0.3 is 9.15 Å². The van der Waals surface area contributed by atoms with Crippen molar-refractivity contribution in [2.45, 2.75) is 31.7 Å². The summed E-state index contributed by atoms with van der Waals surface area (Å²) in [6, 6.07) is 24.8. The van der Waals surface area contributed by atoms with Gasteiger partial charge in [0.25, 0.3) is 0 Å². The quantitative estimate of drug-likeness (QED) is 0.384. The number of para-hydroxylation sites is 2. The van der Waals surface area contributed by atoms with Crippen LogP contribution in [0.3, 0.4) is 0 Å². The van der Waals surface area contributed by atoms with Crippen molar-refractivity contribution in [2.24, 2.45) is 0 Å². The molecule has 1 unspecified atom stereocenters. The number of nitriles is 1. The van der Waals surface area contributed by atoms with Crippen LogP contribution in [0.1, 0.15) is 46.8 Å². The molecule has 0 amide bonds. The Hall–Kier alpha value is -3.55. The molecule has 4 nitrogen and oxygen atoms in total. The van der Waals surface area contributed by atoms with Gasteiger partial charge in [-0.05, 0) is 43.7 Å². The molecule has 1 atom stereocenters. The Kier molecular flexibility index (Phi) is 4.70. The highest BCUT2D eigenvalue weighted by Gasteiger charge is 2.30. The van der Waals surface area contributed by atoms with E-state index in [4.69, 9.17) is 9.15 Å². The summed E-state index contributed by atoms with van der Waals surface area (Å²) in [5, 5.41) is 11.0. The van der Waals surface area contributed by atoms with Crippen LogP contribution in [0.4, 0.5) is 0 Å². The highest BCUT2D eigenvalue weighted by atomic mass is 16.5. The van der Waals surface area contributed by atoms with Gasteiger partial charge >= 0.3 is 0 Å². The number of ether oxygens (including phenoxy) is 1. The minimum absolute atomic E-state index is 0.181. The van der Waals surface area contributed by atoms with Gasteiger partial charge in [-0.3, -0.25) is 4.90 Å². The maximum Gasteiger partial charge on any atom is 0.134 e. The van der Waals surface area contributed by atoms with Crippen LogP contribution in [0.2, 0.25) is 0 Å². The molecule has 0 saturated heterocycles. The first-order chi connectivity index (χ1) is 15.8. The van der Waals surface area contributed by atoms with Crippen LogP contribution in [0.25, 0.3) is 11.0 Å². The van der Waals surface area contributed by atoms with Crippen molar-refractivity contribution in [1.29, 1.82) is 5.26 Å². The molecule has 6 rings (SSSR count). The second-order valence-electron chi connectivity index (χ2n) is 8.69. The van der Waals surface area contributed by atoms with Gasteiger partial charge in [0, 0.05) is 47.5 Å². The van der Waals surface area contributed by atoms with Crippen molar-refractivity contribution in [2.75, 3.05) is 13.1 Å². The SMILES string of the molecule is N#Cc1cccc2c1C(CCCN1CCc3oc4ccccc4c3C1)c1ccccc1O2. The zero-order valence-electron chi connectivity index (χ0n) is 17.9. The molecule has 0 radical (unpaired) electrons. The zero-order valence-corrected chi connectivity index (χ0v) is 17.9. The predicted molar refractivity (Wildman–Crippen MR) is 124 cm³/mol. The molecule has 2 aliphatic heterocycles. The third-order valence-electron chi connectivity index (χ3n) is 6.84. The van der Waals surface area contributed by atoms with E-state index in [9.17, 15) is 5.26 Å². The lowest BCUT2D eigenvalue weighted by Gasteiger charge is -2.30. The van der Waals surface area contributed by atoms with E-state index in [0.29, 0.717) is 0 Å².